The average Bonchev–Trinajstić information content (AvgIpc) is 1.56. The van der Waals surface area contributed by atoms with Gasteiger partial charge in [0.2, 0.25) is 17.5 Å². The summed E-state index contributed by atoms with van der Waals surface area (Å²) in [7, 11) is 0. The van der Waals surface area contributed by atoms with Gasteiger partial charge in [-0.15, -0.1) is 0 Å². The zero-order chi connectivity index (χ0) is 71.7. The van der Waals surface area contributed by atoms with Crippen LogP contribution in [0.4, 0.5) is 26.7 Å². The van der Waals surface area contributed by atoms with Crippen molar-refractivity contribution in [3.05, 3.63) is 110 Å². The van der Waals surface area contributed by atoms with Crippen LogP contribution in [0.15, 0.2) is 72.8 Å². The van der Waals surface area contributed by atoms with Crippen LogP contribution in [-0.4, -0.2) is 108 Å². The van der Waals surface area contributed by atoms with Crippen LogP contribution in [0.25, 0.3) is 20.9 Å². The lowest BCUT2D eigenvalue weighted by Gasteiger charge is -2.23. The number of anilines is 3. The highest BCUT2D eigenvalue weighted by molar-refractivity contribution is 7.14. The van der Waals surface area contributed by atoms with E-state index in [9.17, 15) is 47.9 Å². The number of carbonyl (C=O) groups is 10. The largest absolute Gasteiger partial charge is 0.436 e. The lowest BCUT2D eigenvalue weighted by atomic mass is 9.94. The molecule has 2 aromatic heterocycles. The summed E-state index contributed by atoms with van der Waals surface area (Å²) >= 11 is 15.1. The first kappa shape index (κ1) is 78.1. The molecule has 3 unspecified atom stereocenters. The molecule has 538 valence electrons. The van der Waals surface area contributed by atoms with Gasteiger partial charge in [-0.2, -0.15) is 8.75 Å². The van der Waals surface area contributed by atoms with Crippen LogP contribution in [0.1, 0.15) is 256 Å². The second-order valence-corrected chi connectivity index (χ2v) is 29.2. The fourth-order valence-electron chi connectivity index (χ4n) is 12.7. The molecule has 1 aliphatic carbocycles. The Bertz CT molecular complexity index is 3870. The number of aromatic nitrogens is 2. The molecule has 4 aromatic carbocycles. The van der Waals surface area contributed by atoms with Crippen molar-refractivity contribution in [2.24, 2.45) is 0 Å². The Balaban J connectivity index is 0.000000260. The first-order valence-corrected chi connectivity index (χ1v) is 38.3. The van der Waals surface area contributed by atoms with Gasteiger partial charge in [0, 0.05) is 39.9 Å². The summed E-state index contributed by atoms with van der Waals surface area (Å²) in [4.78, 5) is 136. The van der Waals surface area contributed by atoms with E-state index in [1.165, 1.54) is 179 Å². The zero-order valence-electron chi connectivity index (χ0n) is 58.3. The average molecular weight is 1450 g/mol. The van der Waals surface area contributed by atoms with Crippen LogP contribution >= 0.6 is 46.3 Å². The molecule has 2 fully saturated rings. The Kier molecular flexibility index (Phi) is 30.4. The molecule has 6 aromatic rings. The molecule has 24 heteroatoms. The van der Waals surface area contributed by atoms with Crippen LogP contribution in [0.3, 0.4) is 0 Å². The minimum atomic E-state index is -1.95. The van der Waals surface area contributed by atoms with Crippen LogP contribution in [0.5, 0.6) is 0 Å². The number of hydrogen-bond donors (Lipinski definition) is 4. The number of ketones is 2. The lowest BCUT2D eigenvalue weighted by Crippen LogP contribution is -2.53. The van der Waals surface area contributed by atoms with E-state index in [4.69, 9.17) is 32.7 Å². The standard InChI is InChI=1S/C43H53ClN4O6S.C33H43ClN4O6S/c1-4-5-6-7-8-9-10-11-12-13-14-15-16-17-18-23-35(49)45-30-25-27-33(44)34(28-30)46-40(51)37(48-41(52)43(2,3)54-42(48)53)38(50)36-32-26-24-29-21-19-20-22-31(29)39(32)55-47-36;1-3-4-5-6-7-8-9-10-11-14-19-35-30(40)22-17-18-24(34)25(20-22)36-31(41)28(38-32(42)21(2)44-33(38)43)29(39)27-23-15-12-13-16-26(23)45-37-27/h19-22,24-28,37H,4-18,23H2,1-3H3,(H,45,49)(H,46,51);17-18,20-21,28H,3-16,19H2,1-2H3,(H,35,40)(H,36,41). The third-order valence-corrected chi connectivity index (χ3v) is 20.9. The van der Waals surface area contributed by atoms with Crippen LogP contribution in [0, 0.1) is 0 Å². The molecule has 2 aliphatic heterocycles. The van der Waals surface area contributed by atoms with Crippen molar-refractivity contribution in [1.29, 1.82) is 0 Å². The molecular formula is C76H96Cl2N8O12S2. The number of fused-ring (bicyclic) bond motifs is 4. The Hall–Kier alpha value is -7.66. The van der Waals surface area contributed by atoms with Gasteiger partial charge in [-0.1, -0.05) is 221 Å². The number of nitrogens with zero attached hydrogens (tertiary/aromatic N) is 4. The van der Waals surface area contributed by atoms with E-state index in [1.807, 2.05) is 30.3 Å². The molecule has 0 radical (unpaired) electrons. The predicted molar refractivity (Wildman–Crippen MR) is 395 cm³/mol. The van der Waals surface area contributed by atoms with Gasteiger partial charge in [0.15, 0.2) is 23.8 Å². The number of benzene rings is 4. The number of carbonyl (C=O) groups excluding carboxylic acids is 10. The molecule has 4 heterocycles. The Labute approximate surface area is 604 Å². The second-order valence-electron chi connectivity index (χ2n) is 26.7. The van der Waals surface area contributed by atoms with Crippen molar-refractivity contribution in [3.8, 4) is 0 Å². The first-order chi connectivity index (χ1) is 48.2. The third kappa shape index (κ3) is 21.2. The summed E-state index contributed by atoms with van der Waals surface area (Å²) in [5.74, 6) is -5.71. The third-order valence-electron chi connectivity index (χ3n) is 18.4. The number of nitrogens with one attached hydrogen (secondary N) is 4. The summed E-state index contributed by atoms with van der Waals surface area (Å²) in [5, 5.41) is 13.5. The highest BCUT2D eigenvalue weighted by Crippen LogP contribution is 2.36. The maximum atomic E-state index is 14.2. The van der Waals surface area contributed by atoms with Gasteiger partial charge in [0.1, 0.15) is 11.4 Å². The topological polar surface area (TPSA) is 270 Å². The van der Waals surface area contributed by atoms with Gasteiger partial charge >= 0.3 is 12.2 Å². The van der Waals surface area contributed by atoms with Gasteiger partial charge in [0.05, 0.1) is 26.1 Å². The van der Waals surface area contributed by atoms with Crippen molar-refractivity contribution < 1.29 is 57.4 Å². The lowest BCUT2D eigenvalue weighted by molar-refractivity contribution is -0.137. The van der Waals surface area contributed by atoms with Gasteiger partial charge in [0.25, 0.3) is 29.5 Å². The summed E-state index contributed by atoms with van der Waals surface area (Å²) in [6.45, 7) is 9.14. The highest BCUT2D eigenvalue weighted by atomic mass is 35.5. The van der Waals surface area contributed by atoms with Crippen LogP contribution < -0.4 is 21.3 Å². The Morgan fingerprint density at radius 3 is 1.69 bits per heavy atom. The van der Waals surface area contributed by atoms with E-state index in [1.54, 1.807) is 18.2 Å². The van der Waals surface area contributed by atoms with E-state index in [-0.39, 0.29) is 50.2 Å². The minimum Gasteiger partial charge on any atom is -0.436 e. The number of rotatable bonds is 39. The number of cyclic esters (lactones) is 2. The van der Waals surface area contributed by atoms with Crippen LogP contribution in [0.2, 0.25) is 10.0 Å². The van der Waals surface area contributed by atoms with Crippen molar-refractivity contribution in [1.82, 2.24) is 23.9 Å². The van der Waals surface area contributed by atoms with Crippen molar-refractivity contribution in [3.63, 3.8) is 0 Å². The molecule has 0 saturated carbocycles. The molecule has 3 atom stereocenters. The predicted octanol–water partition coefficient (Wildman–Crippen LogP) is 18.1. The fourth-order valence-corrected chi connectivity index (χ4v) is 14.9. The molecule has 100 heavy (non-hydrogen) atoms. The molecule has 4 N–H and O–H groups in total. The fraction of sp³-hybridized carbons (Fsp3) is 0.526. The number of imide groups is 2. The molecule has 0 bridgehead atoms. The number of amides is 8. The Morgan fingerprint density at radius 1 is 0.580 bits per heavy atom. The van der Waals surface area contributed by atoms with Crippen molar-refractivity contribution in [2.45, 2.75) is 251 Å². The van der Waals surface area contributed by atoms with Crippen LogP contribution in [-0.2, 0) is 46.3 Å². The summed E-state index contributed by atoms with van der Waals surface area (Å²) in [6, 6.07) is 16.4. The minimum absolute atomic E-state index is 0.0536. The molecule has 2 saturated heterocycles. The second kappa shape index (κ2) is 39.0. The maximum absolute atomic E-state index is 14.2. The molecule has 3 aliphatic rings. The number of Topliss-reactive ketones (excluding diaryl/α,β-unsaturated/α-hetero) is 2. The zero-order valence-corrected chi connectivity index (χ0v) is 61.5. The number of aryl methyl sites for hydroxylation is 1. The highest BCUT2D eigenvalue weighted by Gasteiger charge is 2.55. The number of hydrogen-bond acceptors (Lipinski definition) is 16. The molecule has 8 amide bonds. The van der Waals surface area contributed by atoms with Crippen molar-refractivity contribution >= 4 is 143 Å². The number of halogens is 2. The van der Waals surface area contributed by atoms with E-state index in [2.05, 4.69) is 43.9 Å². The normalized spacial score (nSPS) is 15.4. The number of unbranched alkanes of at least 4 members (excludes halogenated alkanes) is 23. The quantitative estimate of drug-likeness (QED) is 0.0159. The van der Waals surface area contributed by atoms with E-state index < -0.39 is 71.2 Å². The van der Waals surface area contributed by atoms with E-state index in [0.717, 1.165) is 95.2 Å². The summed E-state index contributed by atoms with van der Waals surface area (Å²) in [5.41, 5.74) is 0.00363. The van der Waals surface area contributed by atoms with Gasteiger partial charge in [-0.3, -0.25) is 38.4 Å². The monoisotopic (exact) mass is 1450 g/mol. The molecular weight excluding hydrogens is 1350 g/mol. The molecule has 0 spiro atoms. The van der Waals surface area contributed by atoms with Gasteiger partial charge in [-0.05, 0) is 130 Å². The van der Waals surface area contributed by atoms with Gasteiger partial charge in [-0.25, -0.2) is 19.4 Å². The SMILES string of the molecule is CCCCCCCCCCCCCCCCCC(=O)Nc1ccc(Cl)c(NC(=O)C(C(=O)c2nsc3c2ccc2ccccc23)N2C(=O)OC(C)(C)C2=O)c1.CCCCCCCCCCCCNC(=O)c1ccc(Cl)c(NC(=O)C(C(=O)c2nsc3c2CCCC3)N2C(=O)OC(C)C2=O)c1. The summed E-state index contributed by atoms with van der Waals surface area (Å²) in [6.07, 6.45) is 30.8. The van der Waals surface area contributed by atoms with Crippen molar-refractivity contribution in [2.75, 3.05) is 22.5 Å². The first-order valence-electron chi connectivity index (χ1n) is 36.0. The van der Waals surface area contributed by atoms with E-state index in [0.29, 0.717) is 40.3 Å². The molecule has 20 nitrogen and oxygen atoms in total. The maximum Gasteiger partial charge on any atom is 0.418 e. The smallest absolute Gasteiger partial charge is 0.418 e. The van der Waals surface area contributed by atoms with E-state index >= 15 is 0 Å². The summed E-state index contributed by atoms with van der Waals surface area (Å²) < 4.78 is 19.7. The Morgan fingerprint density at radius 2 is 1.11 bits per heavy atom. The molecule has 9 rings (SSSR count). The van der Waals surface area contributed by atoms with Gasteiger partial charge < -0.3 is 30.7 Å². The number of ether oxygens (including phenoxy) is 2.